The molecule has 1 N–H and O–H groups in total. The molecule has 3 aromatic carbocycles. The summed E-state index contributed by atoms with van der Waals surface area (Å²) < 4.78 is 0. The van der Waals surface area contributed by atoms with Crippen LogP contribution in [0.4, 0.5) is 0 Å². The zero-order valence-corrected chi connectivity index (χ0v) is 15.1. The summed E-state index contributed by atoms with van der Waals surface area (Å²) in [7, 11) is 0. The fraction of sp³-hybridized carbons (Fsp3) is 0.0909. The molecular formula is C22H18Cl2O. The summed E-state index contributed by atoms with van der Waals surface area (Å²) in [5, 5.41) is 10.4. The predicted molar refractivity (Wildman–Crippen MR) is 107 cm³/mol. The Morgan fingerprint density at radius 1 is 0.720 bits per heavy atom. The van der Waals surface area contributed by atoms with Crippen LogP contribution in [0.15, 0.2) is 78.9 Å². The first-order chi connectivity index (χ1) is 12.2. The maximum atomic E-state index is 9.65. The molecule has 0 aliphatic carbocycles. The van der Waals surface area contributed by atoms with E-state index in [1.54, 1.807) is 12.1 Å². The molecule has 3 aromatic rings. The van der Waals surface area contributed by atoms with Crippen LogP contribution in [0.3, 0.4) is 0 Å². The van der Waals surface area contributed by atoms with Gasteiger partial charge in [-0.15, -0.1) is 11.6 Å². The number of rotatable bonds is 5. The van der Waals surface area contributed by atoms with Crippen molar-refractivity contribution in [2.24, 2.45) is 0 Å². The van der Waals surface area contributed by atoms with Crippen LogP contribution in [-0.4, -0.2) is 11.0 Å². The molecule has 0 heterocycles. The van der Waals surface area contributed by atoms with Gasteiger partial charge in [0.2, 0.25) is 0 Å². The first-order valence-electron chi connectivity index (χ1n) is 8.09. The Balaban J connectivity index is 2.26. The van der Waals surface area contributed by atoms with E-state index in [0.717, 1.165) is 28.7 Å². The summed E-state index contributed by atoms with van der Waals surface area (Å²) in [6.45, 7) is 0. The van der Waals surface area contributed by atoms with E-state index in [9.17, 15) is 5.11 Å². The lowest BCUT2D eigenvalue weighted by Crippen LogP contribution is -1.96. The van der Waals surface area contributed by atoms with Gasteiger partial charge in [-0.25, -0.2) is 0 Å². The summed E-state index contributed by atoms with van der Waals surface area (Å²) in [5.41, 5.74) is 5.51. The minimum Gasteiger partial charge on any atom is -0.508 e. The lowest BCUT2D eigenvalue weighted by Gasteiger charge is -2.17. The highest BCUT2D eigenvalue weighted by Gasteiger charge is 2.14. The molecular weight excluding hydrogens is 351 g/mol. The van der Waals surface area contributed by atoms with Crippen LogP contribution in [0, 0.1) is 0 Å². The zero-order valence-electron chi connectivity index (χ0n) is 13.6. The Labute approximate surface area is 158 Å². The number of alkyl halides is 1. The molecule has 0 aliphatic rings. The average Bonchev–Trinajstić information content (AvgIpc) is 2.65. The van der Waals surface area contributed by atoms with Crippen molar-refractivity contribution >= 4 is 34.3 Å². The molecule has 126 valence electrons. The Bertz CT molecular complexity index is 803. The van der Waals surface area contributed by atoms with Crippen molar-refractivity contribution in [3.63, 3.8) is 0 Å². The molecule has 0 saturated carbocycles. The van der Waals surface area contributed by atoms with E-state index in [2.05, 4.69) is 12.1 Å². The minimum absolute atomic E-state index is 0.248. The number of allylic oxidation sites excluding steroid dienone is 1. The van der Waals surface area contributed by atoms with E-state index in [0.29, 0.717) is 10.9 Å². The highest BCUT2D eigenvalue weighted by atomic mass is 35.5. The number of phenolic OH excluding ortho intramolecular Hbond substituents is 1. The Kier molecular flexibility index (Phi) is 5.80. The number of halogens is 2. The third-order valence-electron chi connectivity index (χ3n) is 4.06. The topological polar surface area (TPSA) is 20.2 Å². The zero-order chi connectivity index (χ0) is 17.6. The van der Waals surface area contributed by atoms with E-state index < -0.39 is 0 Å². The number of hydrogen-bond acceptors (Lipinski definition) is 1. The number of phenols is 1. The van der Waals surface area contributed by atoms with Gasteiger partial charge in [-0.05, 0) is 58.5 Å². The average molecular weight is 369 g/mol. The van der Waals surface area contributed by atoms with E-state index in [4.69, 9.17) is 23.2 Å². The Morgan fingerprint density at radius 2 is 1.28 bits per heavy atom. The first-order valence-corrected chi connectivity index (χ1v) is 9.00. The lowest BCUT2D eigenvalue weighted by atomic mass is 9.88. The monoisotopic (exact) mass is 368 g/mol. The van der Waals surface area contributed by atoms with Crippen LogP contribution in [0.5, 0.6) is 5.75 Å². The maximum absolute atomic E-state index is 9.65. The molecule has 0 radical (unpaired) electrons. The normalized spacial score (nSPS) is 11.9. The van der Waals surface area contributed by atoms with Crippen LogP contribution >= 0.6 is 23.2 Å². The summed E-state index contributed by atoms with van der Waals surface area (Å²) >= 11 is 12.2. The van der Waals surface area contributed by atoms with E-state index in [1.807, 2.05) is 54.6 Å². The van der Waals surface area contributed by atoms with Gasteiger partial charge in [0.05, 0.1) is 0 Å². The third kappa shape index (κ3) is 4.25. The quantitative estimate of drug-likeness (QED) is 0.395. The molecule has 0 amide bonds. The Morgan fingerprint density at radius 3 is 1.84 bits per heavy atom. The molecule has 0 unspecified atom stereocenters. The lowest BCUT2D eigenvalue weighted by molar-refractivity contribution is 0.475. The second kappa shape index (κ2) is 8.24. The van der Waals surface area contributed by atoms with Gasteiger partial charge in [0.25, 0.3) is 0 Å². The van der Waals surface area contributed by atoms with Gasteiger partial charge in [-0.3, -0.25) is 0 Å². The minimum atomic E-state index is 0.248. The van der Waals surface area contributed by atoms with Crippen LogP contribution in [0.25, 0.3) is 11.1 Å². The SMILES string of the molecule is Oc1ccc(C(=C(CCCl)c2ccccc2)c2ccc(Cl)cc2)cc1. The fourth-order valence-corrected chi connectivity index (χ4v) is 3.22. The molecule has 0 saturated heterocycles. The van der Waals surface area contributed by atoms with Gasteiger partial charge < -0.3 is 5.11 Å². The van der Waals surface area contributed by atoms with E-state index in [1.165, 1.54) is 5.57 Å². The van der Waals surface area contributed by atoms with Crippen molar-refractivity contribution in [2.75, 3.05) is 5.88 Å². The fourth-order valence-electron chi connectivity index (χ4n) is 2.91. The van der Waals surface area contributed by atoms with Crippen molar-refractivity contribution < 1.29 is 5.11 Å². The second-order valence-electron chi connectivity index (χ2n) is 5.71. The largest absolute Gasteiger partial charge is 0.508 e. The molecule has 3 heteroatoms. The number of benzene rings is 3. The standard InChI is InChI=1S/C22H18Cl2O/c23-15-14-21(16-4-2-1-3-5-16)22(17-6-10-19(24)11-7-17)18-8-12-20(25)13-9-18/h1-13,25H,14-15H2. The highest BCUT2D eigenvalue weighted by Crippen LogP contribution is 2.35. The predicted octanol–water partition coefficient (Wildman–Crippen LogP) is 6.63. The molecule has 0 fully saturated rings. The summed E-state index contributed by atoms with van der Waals surface area (Å²) in [6.07, 6.45) is 0.740. The van der Waals surface area contributed by atoms with Gasteiger partial charge >= 0.3 is 0 Å². The van der Waals surface area contributed by atoms with E-state index >= 15 is 0 Å². The van der Waals surface area contributed by atoms with Crippen LogP contribution in [0.2, 0.25) is 5.02 Å². The molecule has 0 spiro atoms. The van der Waals surface area contributed by atoms with Gasteiger partial charge in [-0.2, -0.15) is 0 Å². The molecule has 0 atom stereocenters. The van der Waals surface area contributed by atoms with Crippen molar-refractivity contribution in [2.45, 2.75) is 6.42 Å². The molecule has 1 nitrogen and oxygen atoms in total. The number of aromatic hydroxyl groups is 1. The van der Waals surface area contributed by atoms with Gasteiger partial charge in [0.1, 0.15) is 5.75 Å². The number of hydrogen-bond donors (Lipinski definition) is 1. The van der Waals surface area contributed by atoms with Crippen molar-refractivity contribution in [1.29, 1.82) is 0 Å². The molecule has 3 rings (SSSR count). The van der Waals surface area contributed by atoms with Crippen molar-refractivity contribution in [3.05, 3.63) is 101 Å². The molecule has 0 aromatic heterocycles. The van der Waals surface area contributed by atoms with Gasteiger partial charge in [0.15, 0.2) is 0 Å². The molecule has 0 aliphatic heterocycles. The smallest absolute Gasteiger partial charge is 0.115 e. The summed E-state index contributed by atoms with van der Waals surface area (Å²) in [6, 6.07) is 25.3. The summed E-state index contributed by atoms with van der Waals surface area (Å²) in [4.78, 5) is 0. The summed E-state index contributed by atoms with van der Waals surface area (Å²) in [5.74, 6) is 0.775. The highest BCUT2D eigenvalue weighted by molar-refractivity contribution is 6.30. The van der Waals surface area contributed by atoms with Crippen LogP contribution < -0.4 is 0 Å². The maximum Gasteiger partial charge on any atom is 0.115 e. The van der Waals surface area contributed by atoms with Gasteiger partial charge in [0, 0.05) is 10.9 Å². The van der Waals surface area contributed by atoms with Crippen LogP contribution in [0.1, 0.15) is 23.1 Å². The van der Waals surface area contributed by atoms with Crippen molar-refractivity contribution in [3.8, 4) is 5.75 Å². The van der Waals surface area contributed by atoms with Gasteiger partial charge in [-0.1, -0.05) is 66.2 Å². The first kappa shape index (κ1) is 17.6. The molecule has 25 heavy (non-hydrogen) atoms. The van der Waals surface area contributed by atoms with Crippen LogP contribution in [-0.2, 0) is 0 Å². The molecule has 0 bridgehead atoms. The third-order valence-corrected chi connectivity index (χ3v) is 4.50. The van der Waals surface area contributed by atoms with E-state index in [-0.39, 0.29) is 5.75 Å². The Hall–Kier alpha value is -2.22. The second-order valence-corrected chi connectivity index (χ2v) is 6.53. The van der Waals surface area contributed by atoms with Crippen molar-refractivity contribution in [1.82, 2.24) is 0 Å².